The van der Waals surface area contributed by atoms with Crippen LogP contribution >= 0.6 is 0 Å². The molecule has 2 rings (SSSR count). The van der Waals surface area contributed by atoms with Crippen molar-refractivity contribution in [3.63, 3.8) is 0 Å². The smallest absolute Gasteiger partial charge is 0.137 e. The Balaban J connectivity index is 2.10. The van der Waals surface area contributed by atoms with E-state index in [0.717, 1.165) is 6.21 Å². The van der Waals surface area contributed by atoms with Gasteiger partial charge in [0.15, 0.2) is 0 Å². The van der Waals surface area contributed by atoms with E-state index in [0.29, 0.717) is 35.2 Å². The largest absolute Gasteiger partial charge is 0.398 e. The third-order valence-corrected chi connectivity index (χ3v) is 2.63. The van der Waals surface area contributed by atoms with Crippen LogP contribution < -0.4 is 16.4 Å². The summed E-state index contributed by atoms with van der Waals surface area (Å²) in [7, 11) is 0. The molecule has 0 aliphatic heterocycles. The maximum atomic E-state index is 9.23. The topological polar surface area (TPSA) is 133 Å². The Bertz CT molecular complexity index is 630. The summed E-state index contributed by atoms with van der Waals surface area (Å²) in [5, 5.41) is 22.4. The first-order valence-corrected chi connectivity index (χ1v) is 6.35. The average molecular weight is 287 g/mol. The molecule has 6 N–H and O–H groups in total. The molecule has 0 aromatic carbocycles. The molecule has 1 atom stereocenters. The van der Waals surface area contributed by atoms with Crippen molar-refractivity contribution >= 4 is 29.4 Å². The predicted octanol–water partition coefficient (Wildman–Crippen LogP) is 0.988. The van der Waals surface area contributed by atoms with Gasteiger partial charge in [0.2, 0.25) is 0 Å². The van der Waals surface area contributed by atoms with Gasteiger partial charge in [-0.05, 0) is 6.92 Å². The zero-order valence-electron chi connectivity index (χ0n) is 11.5. The van der Waals surface area contributed by atoms with E-state index in [2.05, 4.69) is 25.6 Å². The monoisotopic (exact) mass is 287 g/mol. The Hall–Kier alpha value is -2.74. The van der Waals surface area contributed by atoms with E-state index in [1.807, 2.05) is 0 Å². The van der Waals surface area contributed by atoms with E-state index < -0.39 is 6.10 Å². The maximum Gasteiger partial charge on any atom is 0.137 e. The van der Waals surface area contributed by atoms with Crippen LogP contribution in [0.25, 0.3) is 0 Å². The van der Waals surface area contributed by atoms with Gasteiger partial charge in [-0.2, -0.15) is 0 Å². The van der Waals surface area contributed by atoms with Crippen molar-refractivity contribution in [2.75, 3.05) is 22.9 Å². The van der Waals surface area contributed by atoms with E-state index in [4.69, 9.17) is 11.1 Å². The molecule has 0 unspecified atom stereocenters. The van der Waals surface area contributed by atoms with E-state index >= 15 is 0 Å². The number of anilines is 4. The van der Waals surface area contributed by atoms with Gasteiger partial charge in [0.05, 0.1) is 6.10 Å². The second-order valence-electron chi connectivity index (χ2n) is 4.49. The standard InChI is InChI=1S/C13H17N7O/c1-8(21)5-16-11-3-13(19-7-18-11)20-12-2-10(15)9(4-14)6-17-12/h2-4,6-8,14,21H,5H2,1H3,(H4,15,16,17,18,19,20)/t8-/m1/s1. The van der Waals surface area contributed by atoms with Crippen molar-refractivity contribution in [2.24, 2.45) is 0 Å². The van der Waals surface area contributed by atoms with Crippen LogP contribution in [0.3, 0.4) is 0 Å². The first kappa shape index (κ1) is 14.7. The number of pyridine rings is 1. The molecule has 8 nitrogen and oxygen atoms in total. The maximum absolute atomic E-state index is 9.23. The highest BCUT2D eigenvalue weighted by molar-refractivity contribution is 5.85. The average Bonchev–Trinajstić information content (AvgIpc) is 2.46. The number of rotatable bonds is 6. The van der Waals surface area contributed by atoms with Gasteiger partial charge >= 0.3 is 0 Å². The fraction of sp³-hybridized carbons (Fsp3) is 0.231. The third kappa shape index (κ3) is 4.11. The summed E-state index contributed by atoms with van der Waals surface area (Å²) in [5.41, 5.74) is 6.81. The Morgan fingerprint density at radius 2 is 2.00 bits per heavy atom. The molecule has 0 aliphatic carbocycles. The number of aliphatic hydroxyl groups excluding tert-OH is 1. The second-order valence-corrected chi connectivity index (χ2v) is 4.49. The van der Waals surface area contributed by atoms with Gasteiger partial charge in [-0.3, -0.25) is 0 Å². The molecular weight excluding hydrogens is 270 g/mol. The Morgan fingerprint density at radius 3 is 2.67 bits per heavy atom. The fourth-order valence-electron chi connectivity index (χ4n) is 1.58. The van der Waals surface area contributed by atoms with Crippen molar-refractivity contribution in [3.05, 3.63) is 30.2 Å². The number of hydrogen-bond acceptors (Lipinski definition) is 8. The van der Waals surface area contributed by atoms with E-state index in [1.165, 1.54) is 12.5 Å². The molecule has 0 fully saturated rings. The van der Waals surface area contributed by atoms with Crippen LogP contribution in [-0.2, 0) is 0 Å². The molecule has 110 valence electrons. The van der Waals surface area contributed by atoms with Gasteiger partial charge in [0.25, 0.3) is 0 Å². The number of aromatic nitrogens is 3. The summed E-state index contributed by atoms with van der Waals surface area (Å²) in [6.45, 7) is 2.08. The van der Waals surface area contributed by atoms with Gasteiger partial charge in [-0.15, -0.1) is 0 Å². The lowest BCUT2D eigenvalue weighted by Gasteiger charge is -2.10. The highest BCUT2D eigenvalue weighted by Crippen LogP contribution is 2.18. The second kappa shape index (κ2) is 6.62. The van der Waals surface area contributed by atoms with Crippen molar-refractivity contribution in [2.45, 2.75) is 13.0 Å². The Kier molecular flexibility index (Phi) is 4.62. The number of hydrogen-bond donors (Lipinski definition) is 5. The molecular formula is C13H17N7O. The number of nitrogens with zero attached hydrogens (tertiary/aromatic N) is 3. The molecule has 2 aromatic rings. The number of aliphatic hydroxyl groups is 1. The first-order chi connectivity index (χ1) is 10.1. The summed E-state index contributed by atoms with van der Waals surface area (Å²) in [5.74, 6) is 1.67. The van der Waals surface area contributed by atoms with Crippen LogP contribution in [0.2, 0.25) is 0 Å². The van der Waals surface area contributed by atoms with Crippen molar-refractivity contribution < 1.29 is 5.11 Å². The van der Waals surface area contributed by atoms with Gasteiger partial charge in [0.1, 0.15) is 23.8 Å². The van der Waals surface area contributed by atoms with Gasteiger partial charge in [-0.25, -0.2) is 15.0 Å². The molecule has 2 aromatic heterocycles. The van der Waals surface area contributed by atoms with Crippen LogP contribution in [0.5, 0.6) is 0 Å². The molecule has 8 heteroatoms. The first-order valence-electron chi connectivity index (χ1n) is 6.35. The van der Waals surface area contributed by atoms with E-state index in [1.54, 1.807) is 19.1 Å². The van der Waals surface area contributed by atoms with Crippen LogP contribution in [0.1, 0.15) is 12.5 Å². The zero-order valence-corrected chi connectivity index (χ0v) is 11.5. The highest BCUT2D eigenvalue weighted by Gasteiger charge is 2.04. The van der Waals surface area contributed by atoms with Crippen molar-refractivity contribution in [3.8, 4) is 0 Å². The summed E-state index contributed by atoms with van der Waals surface area (Å²) in [6, 6.07) is 3.33. The molecule has 0 saturated heterocycles. The van der Waals surface area contributed by atoms with Crippen LogP contribution in [0, 0.1) is 5.41 Å². The minimum Gasteiger partial charge on any atom is -0.398 e. The molecule has 21 heavy (non-hydrogen) atoms. The summed E-state index contributed by atoms with van der Waals surface area (Å²) < 4.78 is 0. The number of nitrogens with one attached hydrogen (secondary N) is 3. The van der Waals surface area contributed by atoms with Crippen LogP contribution in [0.15, 0.2) is 24.7 Å². The van der Waals surface area contributed by atoms with Gasteiger partial charge < -0.3 is 26.9 Å². The lowest BCUT2D eigenvalue weighted by molar-refractivity contribution is 0.208. The van der Waals surface area contributed by atoms with Crippen molar-refractivity contribution in [1.29, 1.82) is 5.41 Å². The molecule has 0 bridgehead atoms. The van der Waals surface area contributed by atoms with Gasteiger partial charge in [0, 0.05) is 42.3 Å². The van der Waals surface area contributed by atoms with E-state index in [9.17, 15) is 5.11 Å². The minimum atomic E-state index is -0.466. The quantitative estimate of drug-likeness (QED) is 0.500. The number of nitrogen functional groups attached to an aromatic ring is 1. The normalized spacial score (nSPS) is 11.7. The zero-order chi connectivity index (χ0) is 15.2. The van der Waals surface area contributed by atoms with Crippen LogP contribution in [-0.4, -0.2) is 38.9 Å². The summed E-state index contributed by atoms with van der Waals surface area (Å²) >= 11 is 0. The summed E-state index contributed by atoms with van der Waals surface area (Å²) in [6.07, 6.45) is 3.60. The highest BCUT2D eigenvalue weighted by atomic mass is 16.3. The Morgan fingerprint density at radius 1 is 1.29 bits per heavy atom. The predicted molar refractivity (Wildman–Crippen MR) is 82.0 cm³/mol. The molecule has 0 amide bonds. The van der Waals surface area contributed by atoms with Crippen molar-refractivity contribution in [1.82, 2.24) is 15.0 Å². The molecule has 0 aliphatic rings. The lowest BCUT2D eigenvalue weighted by atomic mass is 10.2. The Labute approximate surface area is 122 Å². The summed E-state index contributed by atoms with van der Waals surface area (Å²) in [4.78, 5) is 12.3. The molecule has 2 heterocycles. The van der Waals surface area contributed by atoms with Gasteiger partial charge in [-0.1, -0.05) is 0 Å². The SMILES string of the molecule is C[C@@H](O)CNc1cc(Nc2cc(N)c(C=N)cn2)ncn1. The number of nitrogens with two attached hydrogens (primary N) is 1. The third-order valence-electron chi connectivity index (χ3n) is 2.63. The minimum absolute atomic E-state index is 0.398. The molecule has 0 radical (unpaired) electrons. The molecule has 0 spiro atoms. The van der Waals surface area contributed by atoms with Crippen LogP contribution in [0.4, 0.5) is 23.1 Å². The fourth-order valence-corrected chi connectivity index (χ4v) is 1.58. The lowest BCUT2D eigenvalue weighted by Crippen LogP contribution is -2.16. The molecule has 0 saturated carbocycles. The van der Waals surface area contributed by atoms with E-state index in [-0.39, 0.29) is 0 Å².